The number of hydrogen-bond donors (Lipinski definition) is 1. The summed E-state index contributed by atoms with van der Waals surface area (Å²) in [4.78, 5) is 2.69. The number of hydrogen-bond acceptors (Lipinski definition) is 2. The van der Waals surface area contributed by atoms with Crippen LogP contribution in [0.2, 0.25) is 0 Å². The molecule has 1 aliphatic carbocycles. The minimum Gasteiger partial charge on any atom is -0.313 e. The fourth-order valence-corrected chi connectivity index (χ4v) is 3.85. The Kier molecular flexibility index (Phi) is 5.73. The Hall–Kier alpha value is -0.520. The Bertz CT molecular complexity index is 291. The van der Waals surface area contributed by atoms with Gasteiger partial charge in [0.25, 0.3) is 0 Å². The third-order valence-corrected chi connectivity index (χ3v) is 4.96. The Morgan fingerprint density at radius 3 is 2.47 bits per heavy atom. The lowest BCUT2D eigenvalue weighted by molar-refractivity contribution is 0.0297. The molecule has 2 unspecified atom stereocenters. The van der Waals surface area contributed by atoms with Gasteiger partial charge in [0.2, 0.25) is 0 Å². The van der Waals surface area contributed by atoms with Crippen molar-refractivity contribution in [3.05, 3.63) is 0 Å². The van der Waals surface area contributed by atoms with Crippen LogP contribution in [-0.4, -0.2) is 36.6 Å². The van der Waals surface area contributed by atoms with E-state index in [-0.39, 0.29) is 0 Å². The zero-order valence-electron chi connectivity index (χ0n) is 12.7. The van der Waals surface area contributed by atoms with E-state index in [1.807, 2.05) is 0 Å². The number of unbranched alkanes of at least 4 members (excludes halogenated alkanes) is 2. The SMILES string of the molecule is C#CCCCCNC1C2CCCC1CN(C(C)C)C2. The van der Waals surface area contributed by atoms with Gasteiger partial charge in [-0.15, -0.1) is 12.3 Å². The Balaban J connectivity index is 1.79. The van der Waals surface area contributed by atoms with E-state index in [2.05, 4.69) is 30.0 Å². The van der Waals surface area contributed by atoms with Crippen molar-refractivity contribution >= 4 is 0 Å². The van der Waals surface area contributed by atoms with Crippen molar-refractivity contribution in [2.75, 3.05) is 19.6 Å². The molecule has 0 aromatic carbocycles. The van der Waals surface area contributed by atoms with Gasteiger partial charge in [0.15, 0.2) is 0 Å². The molecule has 1 aliphatic heterocycles. The highest BCUT2D eigenvalue weighted by Crippen LogP contribution is 2.35. The van der Waals surface area contributed by atoms with Crippen LogP contribution in [0.5, 0.6) is 0 Å². The molecule has 0 aromatic rings. The molecule has 108 valence electrons. The minimum atomic E-state index is 0.708. The van der Waals surface area contributed by atoms with Crippen molar-refractivity contribution in [3.63, 3.8) is 0 Å². The Morgan fingerprint density at radius 1 is 1.21 bits per heavy atom. The molecule has 2 rings (SSSR count). The van der Waals surface area contributed by atoms with Gasteiger partial charge in [-0.05, 0) is 57.9 Å². The lowest BCUT2D eigenvalue weighted by Crippen LogP contribution is -2.58. The third kappa shape index (κ3) is 3.97. The van der Waals surface area contributed by atoms with Crippen molar-refractivity contribution in [2.45, 2.75) is 64.5 Å². The predicted octanol–water partition coefficient (Wildman–Crippen LogP) is 2.89. The quantitative estimate of drug-likeness (QED) is 0.585. The zero-order chi connectivity index (χ0) is 13.7. The zero-order valence-corrected chi connectivity index (χ0v) is 12.7. The van der Waals surface area contributed by atoms with Gasteiger partial charge in [-0.3, -0.25) is 0 Å². The van der Waals surface area contributed by atoms with Crippen LogP contribution in [0.4, 0.5) is 0 Å². The third-order valence-electron chi connectivity index (χ3n) is 4.96. The van der Waals surface area contributed by atoms with Crippen LogP contribution in [0.15, 0.2) is 0 Å². The van der Waals surface area contributed by atoms with Crippen LogP contribution in [0.25, 0.3) is 0 Å². The van der Waals surface area contributed by atoms with E-state index in [0.29, 0.717) is 6.04 Å². The van der Waals surface area contributed by atoms with E-state index < -0.39 is 0 Å². The molecule has 19 heavy (non-hydrogen) atoms. The molecule has 0 spiro atoms. The van der Waals surface area contributed by atoms with Crippen molar-refractivity contribution in [1.82, 2.24) is 10.2 Å². The van der Waals surface area contributed by atoms with E-state index in [1.165, 1.54) is 45.2 Å². The maximum absolute atomic E-state index is 5.30. The fraction of sp³-hybridized carbons (Fsp3) is 0.882. The molecular weight excluding hydrogens is 232 g/mol. The standard InChI is InChI=1S/C17H30N2/c1-4-5-6-7-11-18-17-15-9-8-10-16(17)13-19(12-15)14(2)3/h1,14-18H,5-13H2,2-3H3. The molecule has 2 aliphatic rings. The molecule has 1 N–H and O–H groups in total. The van der Waals surface area contributed by atoms with E-state index in [1.54, 1.807) is 0 Å². The lowest BCUT2D eigenvalue weighted by atomic mass is 9.73. The van der Waals surface area contributed by atoms with Crippen LogP contribution in [0.3, 0.4) is 0 Å². The first-order valence-corrected chi connectivity index (χ1v) is 8.13. The summed E-state index contributed by atoms with van der Waals surface area (Å²) in [7, 11) is 0. The molecule has 1 saturated heterocycles. The van der Waals surface area contributed by atoms with Gasteiger partial charge >= 0.3 is 0 Å². The second kappa shape index (κ2) is 7.31. The lowest BCUT2D eigenvalue weighted by Gasteiger charge is -2.49. The molecule has 2 fully saturated rings. The molecule has 1 heterocycles. The molecular formula is C17H30N2. The molecule has 1 saturated carbocycles. The summed E-state index contributed by atoms with van der Waals surface area (Å²) >= 11 is 0. The number of terminal acetylenes is 1. The highest BCUT2D eigenvalue weighted by Gasteiger charge is 2.39. The molecule has 2 nitrogen and oxygen atoms in total. The second-order valence-corrected chi connectivity index (χ2v) is 6.64. The van der Waals surface area contributed by atoms with Gasteiger partial charge in [-0.1, -0.05) is 6.42 Å². The van der Waals surface area contributed by atoms with Crippen molar-refractivity contribution in [1.29, 1.82) is 0 Å². The maximum atomic E-state index is 5.30. The van der Waals surface area contributed by atoms with Gasteiger partial charge in [0.1, 0.15) is 0 Å². The number of rotatable bonds is 6. The summed E-state index contributed by atoms with van der Waals surface area (Å²) in [5.74, 6) is 4.48. The second-order valence-electron chi connectivity index (χ2n) is 6.64. The number of nitrogens with one attached hydrogen (secondary N) is 1. The topological polar surface area (TPSA) is 15.3 Å². The first-order valence-electron chi connectivity index (χ1n) is 8.13. The Labute approximate surface area is 119 Å². The molecule has 2 heteroatoms. The summed E-state index contributed by atoms with van der Waals surface area (Å²) in [6, 6.07) is 1.48. The van der Waals surface area contributed by atoms with Gasteiger partial charge < -0.3 is 10.2 Å². The van der Waals surface area contributed by atoms with Gasteiger partial charge in [-0.2, -0.15) is 0 Å². The smallest absolute Gasteiger partial charge is 0.0148 e. The van der Waals surface area contributed by atoms with Gasteiger partial charge in [0, 0.05) is 31.6 Å². The van der Waals surface area contributed by atoms with Gasteiger partial charge in [-0.25, -0.2) is 0 Å². The van der Waals surface area contributed by atoms with Crippen LogP contribution in [0.1, 0.15) is 52.4 Å². The first kappa shape index (κ1) is 14.9. The summed E-state index contributed by atoms with van der Waals surface area (Å²) in [5, 5.41) is 3.85. The Morgan fingerprint density at radius 2 is 1.89 bits per heavy atom. The van der Waals surface area contributed by atoms with Crippen molar-refractivity contribution < 1.29 is 0 Å². The molecule has 2 atom stereocenters. The number of piperidine rings is 1. The maximum Gasteiger partial charge on any atom is 0.0148 e. The monoisotopic (exact) mass is 262 g/mol. The fourth-order valence-electron chi connectivity index (χ4n) is 3.85. The predicted molar refractivity (Wildman–Crippen MR) is 82.0 cm³/mol. The largest absolute Gasteiger partial charge is 0.313 e. The van der Waals surface area contributed by atoms with E-state index >= 15 is 0 Å². The molecule has 0 amide bonds. The number of nitrogens with zero attached hydrogens (tertiary/aromatic N) is 1. The average Bonchev–Trinajstić information content (AvgIpc) is 2.37. The summed E-state index contributed by atoms with van der Waals surface area (Å²) in [6.07, 6.45) is 12.9. The van der Waals surface area contributed by atoms with E-state index in [0.717, 1.165) is 30.8 Å². The molecule has 2 bridgehead atoms. The number of fused-ring (bicyclic) bond motifs is 2. The van der Waals surface area contributed by atoms with Crippen LogP contribution in [0, 0.1) is 24.2 Å². The highest BCUT2D eigenvalue weighted by molar-refractivity contribution is 4.95. The molecule has 0 aromatic heterocycles. The van der Waals surface area contributed by atoms with Gasteiger partial charge in [0.05, 0.1) is 0 Å². The average molecular weight is 262 g/mol. The first-order chi connectivity index (χ1) is 9.22. The minimum absolute atomic E-state index is 0.708. The highest BCUT2D eigenvalue weighted by atomic mass is 15.2. The summed E-state index contributed by atoms with van der Waals surface area (Å²) in [5.41, 5.74) is 0. The van der Waals surface area contributed by atoms with Crippen LogP contribution >= 0.6 is 0 Å². The normalized spacial score (nSPS) is 31.4. The van der Waals surface area contributed by atoms with Crippen LogP contribution in [-0.2, 0) is 0 Å². The number of likely N-dealkylation sites (tertiary alicyclic amines) is 1. The molecule has 0 radical (unpaired) electrons. The van der Waals surface area contributed by atoms with Crippen molar-refractivity contribution in [3.8, 4) is 12.3 Å². The summed E-state index contributed by atoms with van der Waals surface area (Å²) in [6.45, 7) is 8.43. The van der Waals surface area contributed by atoms with Crippen molar-refractivity contribution in [2.24, 2.45) is 11.8 Å². The van der Waals surface area contributed by atoms with E-state index in [4.69, 9.17) is 6.42 Å². The summed E-state index contributed by atoms with van der Waals surface area (Å²) < 4.78 is 0. The van der Waals surface area contributed by atoms with Crippen LogP contribution < -0.4 is 5.32 Å². The van der Waals surface area contributed by atoms with E-state index in [9.17, 15) is 0 Å².